The molecule has 5 atom stereocenters. The predicted molar refractivity (Wildman–Crippen MR) is 64.8 cm³/mol. The predicted octanol–water partition coefficient (Wildman–Crippen LogP) is 2.12. The van der Waals surface area contributed by atoms with Gasteiger partial charge in [-0.05, 0) is 50.4 Å². The summed E-state index contributed by atoms with van der Waals surface area (Å²) in [5.74, 6) is 0.789. The molecule has 2 aliphatic heterocycles. The van der Waals surface area contributed by atoms with E-state index in [9.17, 15) is 4.79 Å². The number of carbonyl (C=O) groups is 1. The summed E-state index contributed by atoms with van der Waals surface area (Å²) in [7, 11) is 1.66. The van der Waals surface area contributed by atoms with Crippen LogP contribution < -0.4 is 0 Å². The lowest BCUT2D eigenvalue weighted by Gasteiger charge is -2.46. The van der Waals surface area contributed by atoms with E-state index in [1.165, 1.54) is 6.42 Å². The van der Waals surface area contributed by atoms with Crippen LogP contribution in [0.3, 0.4) is 0 Å². The topological polar surface area (TPSA) is 44.8 Å². The third kappa shape index (κ3) is 2.16. The normalized spacial score (nSPS) is 43.7. The van der Waals surface area contributed by atoms with Gasteiger partial charge in [-0.25, -0.2) is 0 Å². The molecular formula is C14H22O4. The van der Waals surface area contributed by atoms with Gasteiger partial charge in [0.1, 0.15) is 6.10 Å². The largest absolute Gasteiger partial charge is 0.462 e. The Morgan fingerprint density at radius 2 is 2.22 bits per heavy atom. The summed E-state index contributed by atoms with van der Waals surface area (Å²) in [6, 6.07) is 0. The molecule has 2 heterocycles. The molecule has 0 aromatic heterocycles. The molecule has 2 saturated heterocycles. The van der Waals surface area contributed by atoms with Crippen LogP contribution in [-0.4, -0.2) is 32.1 Å². The maximum Gasteiger partial charge on any atom is 0.309 e. The van der Waals surface area contributed by atoms with Crippen molar-refractivity contribution in [3.63, 3.8) is 0 Å². The standard InChI is InChI=1S/C14H22O4/c1-9(16-2)17-8-14-5-10-3-11(6-14)13(15)18-12(4-10)7-14/h9-12H,3-8H2,1-2H3. The summed E-state index contributed by atoms with van der Waals surface area (Å²) in [6.07, 6.45) is 5.15. The van der Waals surface area contributed by atoms with Crippen LogP contribution in [0.2, 0.25) is 0 Å². The highest BCUT2D eigenvalue weighted by atomic mass is 16.7. The van der Waals surface area contributed by atoms with E-state index in [2.05, 4.69) is 0 Å². The minimum atomic E-state index is -0.170. The number of hydrogen-bond donors (Lipinski definition) is 0. The summed E-state index contributed by atoms with van der Waals surface area (Å²) in [5, 5.41) is 0. The molecule has 2 saturated carbocycles. The number of methoxy groups -OCH3 is 1. The molecule has 0 aromatic carbocycles. The highest BCUT2D eigenvalue weighted by molar-refractivity contribution is 5.73. The molecule has 0 aromatic rings. The molecule has 4 aliphatic rings. The number of carbonyl (C=O) groups excluding carboxylic acids is 1. The molecule has 4 heteroatoms. The van der Waals surface area contributed by atoms with E-state index in [4.69, 9.17) is 14.2 Å². The maximum atomic E-state index is 11.9. The van der Waals surface area contributed by atoms with Crippen LogP contribution in [0.4, 0.5) is 0 Å². The number of fused-ring (bicyclic) bond motifs is 1. The Labute approximate surface area is 108 Å². The molecule has 0 spiro atoms. The number of ether oxygens (including phenoxy) is 3. The fraction of sp³-hybridized carbons (Fsp3) is 0.929. The van der Waals surface area contributed by atoms with Gasteiger partial charge in [0.15, 0.2) is 6.29 Å². The fourth-order valence-electron chi connectivity index (χ4n) is 4.14. The van der Waals surface area contributed by atoms with E-state index in [0.717, 1.165) is 25.7 Å². The van der Waals surface area contributed by atoms with Crippen molar-refractivity contribution in [2.24, 2.45) is 17.3 Å². The minimum Gasteiger partial charge on any atom is -0.462 e. The first-order valence-electron chi connectivity index (χ1n) is 6.95. The summed E-state index contributed by atoms with van der Waals surface area (Å²) in [5.41, 5.74) is 0.148. The van der Waals surface area contributed by atoms with Crippen molar-refractivity contribution in [2.75, 3.05) is 13.7 Å². The number of esters is 1. The highest BCUT2D eigenvalue weighted by Crippen LogP contribution is 2.54. The Balaban J connectivity index is 1.74. The molecule has 0 N–H and O–H groups in total. The van der Waals surface area contributed by atoms with Crippen LogP contribution in [0.5, 0.6) is 0 Å². The second-order valence-corrected chi connectivity index (χ2v) is 6.32. The molecule has 4 rings (SSSR count). The molecule has 0 radical (unpaired) electrons. The molecule has 4 nitrogen and oxygen atoms in total. The molecule has 102 valence electrons. The van der Waals surface area contributed by atoms with E-state index in [1.807, 2.05) is 6.92 Å². The Hall–Kier alpha value is -0.610. The van der Waals surface area contributed by atoms with Crippen LogP contribution in [-0.2, 0) is 19.0 Å². The smallest absolute Gasteiger partial charge is 0.309 e. The average molecular weight is 254 g/mol. The second kappa shape index (κ2) is 4.49. The first kappa shape index (κ1) is 12.4. The van der Waals surface area contributed by atoms with Crippen molar-refractivity contribution < 1.29 is 19.0 Å². The van der Waals surface area contributed by atoms with Gasteiger partial charge in [-0.2, -0.15) is 0 Å². The molecule has 2 aliphatic carbocycles. The van der Waals surface area contributed by atoms with Crippen LogP contribution in [0, 0.1) is 17.3 Å². The van der Waals surface area contributed by atoms with Crippen LogP contribution >= 0.6 is 0 Å². The second-order valence-electron chi connectivity index (χ2n) is 6.32. The maximum absolute atomic E-state index is 11.9. The lowest BCUT2D eigenvalue weighted by atomic mass is 9.59. The number of rotatable bonds is 4. The van der Waals surface area contributed by atoms with Crippen molar-refractivity contribution in [3.05, 3.63) is 0 Å². The summed E-state index contributed by atoms with van der Waals surface area (Å²) < 4.78 is 16.5. The van der Waals surface area contributed by atoms with Crippen molar-refractivity contribution in [2.45, 2.75) is 51.4 Å². The van der Waals surface area contributed by atoms with Crippen molar-refractivity contribution in [1.82, 2.24) is 0 Å². The third-order valence-corrected chi connectivity index (χ3v) is 4.85. The monoisotopic (exact) mass is 254 g/mol. The minimum absolute atomic E-state index is 0.0314. The van der Waals surface area contributed by atoms with Crippen molar-refractivity contribution in [3.8, 4) is 0 Å². The Bertz CT molecular complexity index is 343. The Morgan fingerprint density at radius 3 is 3.00 bits per heavy atom. The summed E-state index contributed by atoms with van der Waals surface area (Å²) >= 11 is 0. The molecule has 5 unspecified atom stereocenters. The summed E-state index contributed by atoms with van der Waals surface area (Å²) in [6.45, 7) is 2.61. The zero-order valence-electron chi connectivity index (χ0n) is 11.2. The van der Waals surface area contributed by atoms with Gasteiger partial charge in [0, 0.05) is 7.11 Å². The zero-order chi connectivity index (χ0) is 12.8. The zero-order valence-corrected chi connectivity index (χ0v) is 11.2. The van der Waals surface area contributed by atoms with E-state index < -0.39 is 0 Å². The van der Waals surface area contributed by atoms with Gasteiger partial charge in [-0.1, -0.05) is 0 Å². The van der Waals surface area contributed by atoms with Gasteiger partial charge in [0.2, 0.25) is 0 Å². The lowest BCUT2D eigenvalue weighted by molar-refractivity contribution is -0.154. The van der Waals surface area contributed by atoms with E-state index in [-0.39, 0.29) is 29.7 Å². The molecule has 0 amide bonds. The van der Waals surface area contributed by atoms with Crippen LogP contribution in [0.25, 0.3) is 0 Å². The Morgan fingerprint density at radius 1 is 1.39 bits per heavy atom. The highest BCUT2D eigenvalue weighted by Gasteiger charge is 2.52. The third-order valence-electron chi connectivity index (χ3n) is 4.85. The SMILES string of the molecule is COC(C)OCC12CC3CC(C1)OC(=O)C(C3)C2. The van der Waals surface area contributed by atoms with E-state index in [0.29, 0.717) is 12.5 Å². The van der Waals surface area contributed by atoms with Gasteiger partial charge < -0.3 is 14.2 Å². The Kier molecular flexibility index (Phi) is 3.10. The lowest BCUT2D eigenvalue weighted by Crippen LogP contribution is -2.43. The van der Waals surface area contributed by atoms with Gasteiger partial charge in [-0.3, -0.25) is 4.79 Å². The average Bonchev–Trinajstić information content (AvgIpc) is 2.49. The summed E-state index contributed by atoms with van der Waals surface area (Å²) in [4.78, 5) is 11.9. The van der Waals surface area contributed by atoms with Crippen molar-refractivity contribution in [1.29, 1.82) is 0 Å². The fourth-order valence-corrected chi connectivity index (χ4v) is 4.14. The number of hydrogen-bond acceptors (Lipinski definition) is 4. The first-order chi connectivity index (χ1) is 8.60. The molecule has 18 heavy (non-hydrogen) atoms. The first-order valence-corrected chi connectivity index (χ1v) is 6.95. The van der Waals surface area contributed by atoms with Gasteiger partial charge in [0.25, 0.3) is 0 Å². The van der Waals surface area contributed by atoms with Gasteiger partial charge >= 0.3 is 5.97 Å². The molecule has 4 fully saturated rings. The van der Waals surface area contributed by atoms with Crippen LogP contribution in [0.1, 0.15) is 39.0 Å². The van der Waals surface area contributed by atoms with Gasteiger partial charge in [0.05, 0.1) is 12.5 Å². The molecular weight excluding hydrogens is 232 g/mol. The molecule has 4 bridgehead atoms. The van der Waals surface area contributed by atoms with E-state index in [1.54, 1.807) is 7.11 Å². The quantitative estimate of drug-likeness (QED) is 0.569. The van der Waals surface area contributed by atoms with Crippen molar-refractivity contribution >= 4 is 5.97 Å². The van der Waals surface area contributed by atoms with Crippen LogP contribution in [0.15, 0.2) is 0 Å². The van der Waals surface area contributed by atoms with Gasteiger partial charge in [-0.15, -0.1) is 0 Å². The van der Waals surface area contributed by atoms with E-state index >= 15 is 0 Å².